The van der Waals surface area contributed by atoms with Gasteiger partial charge in [-0.2, -0.15) is 0 Å². The fraction of sp³-hybridized carbons (Fsp3) is 0.440. The highest BCUT2D eigenvalue weighted by Crippen LogP contribution is 2.39. The predicted molar refractivity (Wildman–Crippen MR) is 129 cm³/mol. The lowest BCUT2D eigenvalue weighted by molar-refractivity contribution is -0.145. The Morgan fingerprint density at radius 2 is 1.58 bits per heavy atom. The van der Waals surface area contributed by atoms with Gasteiger partial charge in [0.1, 0.15) is 11.6 Å². The van der Waals surface area contributed by atoms with Crippen molar-refractivity contribution in [3.8, 4) is 0 Å². The summed E-state index contributed by atoms with van der Waals surface area (Å²) in [6.45, 7) is 0.846. The van der Waals surface area contributed by atoms with E-state index < -0.39 is 19.3 Å². The first-order valence-corrected chi connectivity index (χ1v) is 11.7. The molecule has 1 aliphatic carbocycles. The van der Waals surface area contributed by atoms with Crippen LogP contribution in [0.25, 0.3) is 0 Å². The highest BCUT2D eigenvalue weighted by Gasteiger charge is 2.48. The standard InChI is InChI=1S/C25H34BN3O4/c27-17-9-14-22(33-26-32)29-24(31)25(15-7-8-16-25)23(30)28-18-21(19-10-3-1-4-11-19)20-12-5-2-6-13-20/h1-6,10-13,21-22,26,32H,7-9,14-18,27H2,(H,28,30)(H,29,31)/t22-/m1/s1. The first-order chi connectivity index (χ1) is 16.1. The van der Waals surface area contributed by atoms with Crippen molar-refractivity contribution in [1.82, 2.24) is 10.6 Å². The molecule has 8 heteroatoms. The molecule has 0 aromatic heterocycles. The molecule has 0 saturated heterocycles. The first-order valence-electron chi connectivity index (χ1n) is 11.7. The highest BCUT2D eigenvalue weighted by atomic mass is 16.5. The summed E-state index contributed by atoms with van der Waals surface area (Å²) in [5.74, 6) is -0.618. The Kier molecular flexibility index (Phi) is 9.48. The molecule has 2 aromatic rings. The van der Waals surface area contributed by atoms with Gasteiger partial charge in [-0.1, -0.05) is 73.5 Å². The van der Waals surface area contributed by atoms with Crippen LogP contribution in [0.15, 0.2) is 60.7 Å². The third kappa shape index (κ3) is 6.44. The highest BCUT2D eigenvalue weighted by molar-refractivity contribution is 6.16. The molecule has 33 heavy (non-hydrogen) atoms. The summed E-state index contributed by atoms with van der Waals surface area (Å²) in [7, 11) is -0.509. The molecule has 176 valence electrons. The Labute approximate surface area is 196 Å². The Balaban J connectivity index is 1.74. The quantitative estimate of drug-likeness (QED) is 0.224. The van der Waals surface area contributed by atoms with E-state index in [4.69, 9.17) is 15.4 Å². The van der Waals surface area contributed by atoms with Gasteiger partial charge in [0.15, 0.2) is 0 Å². The van der Waals surface area contributed by atoms with E-state index in [0.29, 0.717) is 38.8 Å². The zero-order valence-corrected chi connectivity index (χ0v) is 19.0. The van der Waals surface area contributed by atoms with Crippen LogP contribution < -0.4 is 16.4 Å². The maximum Gasteiger partial charge on any atom is 0.436 e. The van der Waals surface area contributed by atoms with Crippen LogP contribution in [0.5, 0.6) is 0 Å². The molecule has 2 amide bonds. The van der Waals surface area contributed by atoms with Crippen LogP contribution in [-0.4, -0.2) is 43.8 Å². The number of benzene rings is 2. The lowest BCUT2D eigenvalue weighted by Gasteiger charge is -2.30. The van der Waals surface area contributed by atoms with E-state index in [0.717, 1.165) is 24.0 Å². The van der Waals surface area contributed by atoms with Crippen LogP contribution in [0.2, 0.25) is 0 Å². The molecule has 2 aromatic carbocycles. The summed E-state index contributed by atoms with van der Waals surface area (Å²) < 4.78 is 5.25. The molecule has 5 N–H and O–H groups in total. The minimum atomic E-state index is -1.13. The fourth-order valence-corrected chi connectivity index (χ4v) is 4.57. The average Bonchev–Trinajstić information content (AvgIpc) is 3.35. The Hall–Kier alpha value is -2.68. The van der Waals surface area contributed by atoms with Crippen LogP contribution in [0.1, 0.15) is 55.6 Å². The topological polar surface area (TPSA) is 114 Å². The molecular formula is C25H34BN3O4. The zero-order chi connectivity index (χ0) is 23.5. The van der Waals surface area contributed by atoms with Crippen LogP contribution in [0.3, 0.4) is 0 Å². The summed E-state index contributed by atoms with van der Waals surface area (Å²) in [6, 6.07) is 20.1. The van der Waals surface area contributed by atoms with E-state index in [9.17, 15) is 9.59 Å². The second kappa shape index (κ2) is 12.5. The van der Waals surface area contributed by atoms with Crippen molar-refractivity contribution in [2.45, 2.75) is 50.7 Å². The van der Waals surface area contributed by atoms with E-state index >= 15 is 0 Å². The van der Waals surface area contributed by atoms with Crippen molar-refractivity contribution >= 4 is 19.5 Å². The average molecular weight is 451 g/mol. The molecule has 1 fully saturated rings. The van der Waals surface area contributed by atoms with Gasteiger partial charge in [0, 0.05) is 12.5 Å². The maximum absolute atomic E-state index is 13.4. The van der Waals surface area contributed by atoms with Crippen molar-refractivity contribution in [3.63, 3.8) is 0 Å². The second-order valence-corrected chi connectivity index (χ2v) is 8.56. The maximum atomic E-state index is 13.4. The van der Waals surface area contributed by atoms with Crippen LogP contribution >= 0.6 is 0 Å². The van der Waals surface area contributed by atoms with E-state index in [1.54, 1.807) is 0 Å². The van der Waals surface area contributed by atoms with E-state index in [1.165, 1.54) is 0 Å². The third-order valence-corrected chi connectivity index (χ3v) is 6.44. The predicted octanol–water partition coefficient (Wildman–Crippen LogP) is 1.95. The van der Waals surface area contributed by atoms with E-state index in [-0.39, 0.29) is 17.7 Å². The van der Waals surface area contributed by atoms with E-state index in [2.05, 4.69) is 34.9 Å². The van der Waals surface area contributed by atoms with Gasteiger partial charge in [-0.15, -0.1) is 0 Å². The van der Waals surface area contributed by atoms with Gasteiger partial charge < -0.3 is 26.0 Å². The number of rotatable bonds is 12. The lowest BCUT2D eigenvalue weighted by atomic mass is 9.83. The molecule has 0 heterocycles. The number of hydrogen-bond acceptors (Lipinski definition) is 5. The number of carbonyl (C=O) groups excluding carboxylic acids is 2. The van der Waals surface area contributed by atoms with Crippen molar-refractivity contribution in [2.75, 3.05) is 13.1 Å². The summed E-state index contributed by atoms with van der Waals surface area (Å²) in [5.41, 5.74) is 6.65. The third-order valence-electron chi connectivity index (χ3n) is 6.44. The van der Waals surface area contributed by atoms with Gasteiger partial charge >= 0.3 is 7.69 Å². The molecular weight excluding hydrogens is 417 g/mol. The van der Waals surface area contributed by atoms with E-state index in [1.807, 2.05) is 36.4 Å². The molecule has 0 bridgehead atoms. The molecule has 1 saturated carbocycles. The number of nitrogens with one attached hydrogen (secondary N) is 2. The number of nitrogens with two attached hydrogens (primary N) is 1. The summed E-state index contributed by atoms with van der Waals surface area (Å²) in [6.07, 6.45) is 3.07. The summed E-state index contributed by atoms with van der Waals surface area (Å²) >= 11 is 0. The molecule has 1 aliphatic rings. The van der Waals surface area contributed by atoms with Crippen LogP contribution in [0, 0.1) is 5.41 Å². The van der Waals surface area contributed by atoms with Gasteiger partial charge in [0.25, 0.3) is 0 Å². The Morgan fingerprint density at radius 1 is 1.00 bits per heavy atom. The number of carbonyl (C=O) groups is 2. The minimum absolute atomic E-state index is 0.0205. The molecule has 7 nitrogen and oxygen atoms in total. The fourth-order valence-electron chi connectivity index (χ4n) is 4.57. The zero-order valence-electron chi connectivity index (χ0n) is 19.0. The minimum Gasteiger partial charge on any atom is -0.430 e. The molecule has 3 rings (SSSR count). The van der Waals surface area contributed by atoms with Gasteiger partial charge in [0.05, 0.1) is 0 Å². The summed E-state index contributed by atoms with van der Waals surface area (Å²) in [5, 5.41) is 15.1. The SMILES string of the molecule is NCCC[C@H](NC(=O)C1(C(=O)NCC(c2ccccc2)c2ccccc2)CCCC1)OBO. The van der Waals surface area contributed by atoms with Crippen molar-refractivity contribution in [1.29, 1.82) is 0 Å². The normalized spacial score (nSPS) is 15.7. The first kappa shape index (κ1) is 25.0. The van der Waals surface area contributed by atoms with Crippen LogP contribution in [-0.2, 0) is 14.2 Å². The molecule has 0 radical (unpaired) electrons. The van der Waals surface area contributed by atoms with Crippen LogP contribution in [0.4, 0.5) is 0 Å². The van der Waals surface area contributed by atoms with Gasteiger partial charge in [-0.25, -0.2) is 0 Å². The molecule has 0 spiro atoms. The monoisotopic (exact) mass is 451 g/mol. The molecule has 0 unspecified atom stereocenters. The van der Waals surface area contributed by atoms with Crippen molar-refractivity contribution < 1.29 is 19.3 Å². The molecule has 1 atom stereocenters. The molecule has 0 aliphatic heterocycles. The summed E-state index contributed by atoms with van der Waals surface area (Å²) in [4.78, 5) is 26.7. The lowest BCUT2D eigenvalue weighted by Crippen LogP contribution is -2.53. The largest absolute Gasteiger partial charge is 0.436 e. The van der Waals surface area contributed by atoms with Gasteiger partial charge in [0.2, 0.25) is 11.8 Å². The Morgan fingerprint density at radius 3 is 2.09 bits per heavy atom. The smallest absolute Gasteiger partial charge is 0.430 e. The number of amides is 2. The van der Waals surface area contributed by atoms with Gasteiger partial charge in [-0.05, 0) is 43.4 Å². The number of hydrogen-bond donors (Lipinski definition) is 4. The second-order valence-electron chi connectivity index (χ2n) is 8.56. The Bertz CT molecular complexity index is 836. The van der Waals surface area contributed by atoms with Crippen molar-refractivity contribution in [3.05, 3.63) is 71.8 Å². The van der Waals surface area contributed by atoms with Gasteiger partial charge in [-0.3, -0.25) is 9.59 Å². The van der Waals surface area contributed by atoms with Crippen molar-refractivity contribution in [2.24, 2.45) is 11.1 Å².